The zero-order chi connectivity index (χ0) is 13.4. The van der Waals surface area contributed by atoms with Crippen LogP contribution in [0.5, 0.6) is 5.75 Å². The quantitative estimate of drug-likeness (QED) is 0.843. The molecule has 1 aromatic carbocycles. The van der Waals surface area contributed by atoms with Gasteiger partial charge in [-0.25, -0.2) is 9.37 Å². The molecule has 0 saturated carbocycles. The van der Waals surface area contributed by atoms with Crippen LogP contribution in [0.25, 0.3) is 0 Å². The van der Waals surface area contributed by atoms with Crippen molar-refractivity contribution in [2.24, 2.45) is 0 Å². The second kappa shape index (κ2) is 4.38. The molecule has 1 aliphatic rings. The van der Waals surface area contributed by atoms with Crippen molar-refractivity contribution in [1.82, 2.24) is 14.5 Å². The molecule has 1 aromatic heterocycles. The average Bonchev–Trinajstić information content (AvgIpc) is 2.85. The van der Waals surface area contributed by atoms with Crippen LogP contribution in [0.2, 0.25) is 0 Å². The van der Waals surface area contributed by atoms with E-state index in [1.807, 2.05) is 10.8 Å². The molecule has 5 nitrogen and oxygen atoms in total. The van der Waals surface area contributed by atoms with Gasteiger partial charge < -0.3 is 14.6 Å². The van der Waals surface area contributed by atoms with E-state index in [4.69, 9.17) is 0 Å². The molecule has 98 valence electrons. The Kier molecular flexibility index (Phi) is 2.70. The van der Waals surface area contributed by atoms with E-state index >= 15 is 0 Å². The molecule has 0 aliphatic carbocycles. The van der Waals surface area contributed by atoms with Gasteiger partial charge >= 0.3 is 0 Å². The van der Waals surface area contributed by atoms with Crippen LogP contribution < -0.4 is 0 Å². The minimum atomic E-state index is -0.566. The third kappa shape index (κ3) is 2.05. The highest BCUT2D eigenvalue weighted by molar-refractivity contribution is 5.96. The summed E-state index contributed by atoms with van der Waals surface area (Å²) in [5.41, 5.74) is 0.112. The fourth-order valence-corrected chi connectivity index (χ4v) is 2.20. The normalized spacial score (nSPS) is 14.3. The fraction of sp³-hybridized carbons (Fsp3) is 0.231. The predicted octanol–water partition coefficient (Wildman–Crippen LogP) is 1.38. The number of phenolic OH excluding ortho intramolecular Hbond substituents is 1. The second-order valence-corrected chi connectivity index (χ2v) is 4.43. The topological polar surface area (TPSA) is 58.4 Å². The molecule has 2 heterocycles. The van der Waals surface area contributed by atoms with E-state index in [-0.39, 0.29) is 17.2 Å². The zero-order valence-electron chi connectivity index (χ0n) is 10.1. The average molecular weight is 261 g/mol. The van der Waals surface area contributed by atoms with Crippen LogP contribution in [-0.2, 0) is 13.1 Å². The van der Waals surface area contributed by atoms with Crippen molar-refractivity contribution in [3.63, 3.8) is 0 Å². The number of hydrogen-bond donors (Lipinski definition) is 1. The lowest BCUT2D eigenvalue weighted by molar-refractivity contribution is 0.0704. The molecule has 3 rings (SSSR count). The number of aromatic hydroxyl groups is 1. The summed E-state index contributed by atoms with van der Waals surface area (Å²) in [5.74, 6) is -0.407. The molecule has 0 radical (unpaired) electrons. The van der Waals surface area contributed by atoms with Gasteiger partial charge in [0.15, 0.2) is 0 Å². The van der Waals surface area contributed by atoms with Gasteiger partial charge in [0.1, 0.15) is 17.4 Å². The molecule has 2 aromatic rings. The Bertz CT molecular complexity index is 639. The van der Waals surface area contributed by atoms with Gasteiger partial charge in [-0.1, -0.05) is 0 Å². The monoisotopic (exact) mass is 261 g/mol. The minimum Gasteiger partial charge on any atom is -0.507 e. The number of hydrogen-bond acceptors (Lipinski definition) is 3. The van der Waals surface area contributed by atoms with Gasteiger partial charge in [-0.3, -0.25) is 4.79 Å². The Morgan fingerprint density at radius 1 is 1.37 bits per heavy atom. The van der Waals surface area contributed by atoms with E-state index in [9.17, 15) is 14.3 Å². The summed E-state index contributed by atoms with van der Waals surface area (Å²) in [7, 11) is 0. The van der Waals surface area contributed by atoms with E-state index in [1.165, 1.54) is 6.07 Å². The molecule has 0 unspecified atom stereocenters. The maximum Gasteiger partial charge on any atom is 0.258 e. The Labute approximate surface area is 108 Å². The van der Waals surface area contributed by atoms with Crippen LogP contribution >= 0.6 is 0 Å². The number of imidazole rings is 1. The number of carbonyl (C=O) groups is 1. The van der Waals surface area contributed by atoms with Crippen LogP contribution in [-0.4, -0.2) is 32.0 Å². The Morgan fingerprint density at radius 2 is 2.21 bits per heavy atom. The molecule has 0 bridgehead atoms. The maximum absolute atomic E-state index is 12.9. The highest BCUT2D eigenvalue weighted by Crippen LogP contribution is 2.22. The molecule has 0 saturated heterocycles. The van der Waals surface area contributed by atoms with Crippen LogP contribution in [0.15, 0.2) is 30.6 Å². The molecule has 1 aliphatic heterocycles. The number of phenols is 1. The van der Waals surface area contributed by atoms with E-state index in [0.29, 0.717) is 19.6 Å². The van der Waals surface area contributed by atoms with Crippen LogP contribution in [0, 0.1) is 5.82 Å². The van der Waals surface area contributed by atoms with Gasteiger partial charge in [-0.2, -0.15) is 0 Å². The Balaban J connectivity index is 1.85. The number of benzene rings is 1. The summed E-state index contributed by atoms with van der Waals surface area (Å²) >= 11 is 0. The summed E-state index contributed by atoms with van der Waals surface area (Å²) in [5, 5.41) is 9.64. The first-order chi connectivity index (χ1) is 9.15. The van der Waals surface area contributed by atoms with E-state index < -0.39 is 5.82 Å². The maximum atomic E-state index is 12.9. The highest BCUT2D eigenvalue weighted by atomic mass is 19.1. The van der Waals surface area contributed by atoms with Crippen molar-refractivity contribution in [3.05, 3.63) is 47.8 Å². The molecule has 0 spiro atoms. The van der Waals surface area contributed by atoms with Crippen molar-refractivity contribution in [3.8, 4) is 5.75 Å². The highest BCUT2D eigenvalue weighted by Gasteiger charge is 2.24. The first kappa shape index (κ1) is 11.7. The predicted molar refractivity (Wildman–Crippen MR) is 65.0 cm³/mol. The van der Waals surface area contributed by atoms with Crippen LogP contribution in [0.3, 0.4) is 0 Å². The summed E-state index contributed by atoms with van der Waals surface area (Å²) < 4.78 is 14.9. The lowest BCUT2D eigenvalue weighted by atomic mass is 10.1. The molecule has 0 atom stereocenters. The summed E-state index contributed by atoms with van der Waals surface area (Å²) in [6.45, 7) is 1.60. The minimum absolute atomic E-state index is 0.112. The van der Waals surface area contributed by atoms with E-state index in [1.54, 1.807) is 11.1 Å². The summed E-state index contributed by atoms with van der Waals surface area (Å²) in [6.07, 6.45) is 3.56. The first-order valence-corrected chi connectivity index (χ1v) is 5.93. The number of rotatable bonds is 1. The molecule has 6 heteroatoms. The van der Waals surface area contributed by atoms with Gasteiger partial charge in [0.05, 0.1) is 12.1 Å². The summed E-state index contributed by atoms with van der Waals surface area (Å²) in [6, 6.07) is 3.41. The van der Waals surface area contributed by atoms with Gasteiger partial charge in [-0.15, -0.1) is 0 Å². The van der Waals surface area contributed by atoms with E-state index in [0.717, 1.165) is 18.0 Å². The van der Waals surface area contributed by atoms with Gasteiger partial charge in [0.25, 0.3) is 5.91 Å². The third-order valence-electron chi connectivity index (χ3n) is 3.22. The van der Waals surface area contributed by atoms with E-state index in [2.05, 4.69) is 4.98 Å². The molecule has 1 N–H and O–H groups in total. The SMILES string of the molecule is O=C(c1ccc(F)cc1O)N1CCn2ccnc2C1. The van der Waals surface area contributed by atoms with Gasteiger partial charge in [0, 0.05) is 31.5 Å². The second-order valence-electron chi connectivity index (χ2n) is 4.43. The smallest absolute Gasteiger partial charge is 0.258 e. The Morgan fingerprint density at radius 3 is 3.00 bits per heavy atom. The zero-order valence-corrected chi connectivity index (χ0v) is 10.1. The molecule has 0 fully saturated rings. The van der Waals surface area contributed by atoms with Crippen LogP contribution in [0.4, 0.5) is 4.39 Å². The van der Waals surface area contributed by atoms with Crippen molar-refractivity contribution in [1.29, 1.82) is 0 Å². The molecular weight excluding hydrogens is 249 g/mol. The number of amides is 1. The van der Waals surface area contributed by atoms with Gasteiger partial charge in [0.2, 0.25) is 0 Å². The lowest BCUT2D eigenvalue weighted by Crippen LogP contribution is -2.38. The first-order valence-electron chi connectivity index (χ1n) is 5.93. The Hall–Kier alpha value is -2.37. The number of fused-ring (bicyclic) bond motifs is 1. The molecular formula is C13H12FN3O2. The van der Waals surface area contributed by atoms with Crippen molar-refractivity contribution >= 4 is 5.91 Å². The van der Waals surface area contributed by atoms with Crippen molar-refractivity contribution in [2.75, 3.05) is 6.54 Å². The fourth-order valence-electron chi connectivity index (χ4n) is 2.20. The summed E-state index contributed by atoms with van der Waals surface area (Å²) in [4.78, 5) is 18.0. The number of halogens is 1. The third-order valence-corrected chi connectivity index (χ3v) is 3.22. The largest absolute Gasteiger partial charge is 0.507 e. The van der Waals surface area contributed by atoms with Crippen molar-refractivity contribution < 1.29 is 14.3 Å². The van der Waals surface area contributed by atoms with Crippen LogP contribution in [0.1, 0.15) is 16.2 Å². The standard InChI is InChI=1S/C13H12FN3O2/c14-9-1-2-10(11(18)7-9)13(19)17-6-5-16-4-3-15-12(16)8-17/h1-4,7,18H,5-6,8H2. The number of aromatic nitrogens is 2. The van der Waals surface area contributed by atoms with Gasteiger partial charge in [-0.05, 0) is 12.1 Å². The molecule has 19 heavy (non-hydrogen) atoms. The molecule has 1 amide bonds. The van der Waals surface area contributed by atoms with Crippen molar-refractivity contribution in [2.45, 2.75) is 13.1 Å². The number of carbonyl (C=O) groups excluding carboxylic acids is 1. The lowest BCUT2D eigenvalue weighted by Gasteiger charge is -2.27. The number of nitrogens with zero attached hydrogens (tertiary/aromatic N) is 3.